The van der Waals surface area contributed by atoms with Crippen molar-refractivity contribution in [3.63, 3.8) is 0 Å². The van der Waals surface area contributed by atoms with Crippen LogP contribution in [0.25, 0.3) is 0 Å². The van der Waals surface area contributed by atoms with Crippen LogP contribution in [0.2, 0.25) is 0 Å². The first kappa shape index (κ1) is 19.2. The predicted molar refractivity (Wildman–Crippen MR) is 100 cm³/mol. The van der Waals surface area contributed by atoms with Crippen molar-refractivity contribution in [2.75, 3.05) is 0 Å². The van der Waals surface area contributed by atoms with Crippen LogP contribution in [0.4, 0.5) is 0 Å². The second-order valence-electron chi connectivity index (χ2n) is 8.68. The summed E-state index contributed by atoms with van der Waals surface area (Å²) >= 11 is 0. The summed E-state index contributed by atoms with van der Waals surface area (Å²) in [5.74, 6) is 0.276. The Hall–Kier alpha value is -2.08. The number of furan rings is 1. The molecule has 28 heavy (non-hydrogen) atoms. The average molecular weight is 388 g/mol. The third-order valence-corrected chi connectivity index (χ3v) is 7.23. The molecule has 6 atom stereocenters. The van der Waals surface area contributed by atoms with Gasteiger partial charge in [-0.2, -0.15) is 0 Å². The molecule has 152 valence electrons. The minimum Gasteiger partial charge on any atom is -0.469 e. The van der Waals surface area contributed by atoms with Gasteiger partial charge in [0, 0.05) is 29.9 Å². The minimum absolute atomic E-state index is 0.113. The van der Waals surface area contributed by atoms with Crippen molar-refractivity contribution in [2.24, 2.45) is 11.3 Å². The van der Waals surface area contributed by atoms with E-state index in [-0.39, 0.29) is 30.1 Å². The van der Waals surface area contributed by atoms with Gasteiger partial charge in [-0.25, -0.2) is 4.79 Å². The van der Waals surface area contributed by atoms with E-state index in [2.05, 4.69) is 13.8 Å². The number of carbonyl (C=O) groups excluding carboxylic acids is 2. The zero-order valence-corrected chi connectivity index (χ0v) is 17.3. The lowest BCUT2D eigenvalue weighted by atomic mass is 9.53. The molecule has 0 radical (unpaired) electrons. The van der Waals surface area contributed by atoms with E-state index in [0.717, 1.165) is 16.9 Å². The number of fused-ring (bicyclic) bond motifs is 1. The molecular formula is C22H28O6. The minimum atomic E-state index is -0.559. The summed E-state index contributed by atoms with van der Waals surface area (Å²) in [7, 11) is 0. The molecule has 2 heterocycles. The van der Waals surface area contributed by atoms with Crippen molar-refractivity contribution in [3.8, 4) is 0 Å². The molecule has 2 fully saturated rings. The van der Waals surface area contributed by atoms with E-state index in [9.17, 15) is 9.59 Å². The zero-order chi connectivity index (χ0) is 20.4. The van der Waals surface area contributed by atoms with Gasteiger partial charge in [-0.1, -0.05) is 19.9 Å². The molecule has 6 heteroatoms. The fourth-order valence-corrected chi connectivity index (χ4v) is 5.31. The van der Waals surface area contributed by atoms with Crippen LogP contribution < -0.4 is 0 Å². The molecule has 1 spiro atoms. The molecule has 1 saturated heterocycles. The fourth-order valence-electron chi connectivity index (χ4n) is 5.31. The summed E-state index contributed by atoms with van der Waals surface area (Å²) in [6.45, 7) is 11.2. The van der Waals surface area contributed by atoms with Gasteiger partial charge in [0.1, 0.15) is 29.7 Å². The van der Waals surface area contributed by atoms with Crippen LogP contribution >= 0.6 is 0 Å². The van der Waals surface area contributed by atoms with E-state index >= 15 is 0 Å². The van der Waals surface area contributed by atoms with E-state index in [1.165, 1.54) is 6.92 Å². The number of hydrogen-bond donors (Lipinski definition) is 0. The van der Waals surface area contributed by atoms with Crippen molar-refractivity contribution in [2.45, 2.75) is 78.3 Å². The highest BCUT2D eigenvalue weighted by atomic mass is 16.7. The molecule has 6 nitrogen and oxygen atoms in total. The fraction of sp³-hybridized carbons (Fsp3) is 0.636. The molecule has 0 aromatic carbocycles. The van der Waals surface area contributed by atoms with Crippen LogP contribution in [0.3, 0.4) is 0 Å². The Morgan fingerprint density at radius 3 is 2.64 bits per heavy atom. The van der Waals surface area contributed by atoms with Gasteiger partial charge in [0.05, 0.1) is 6.26 Å². The summed E-state index contributed by atoms with van der Waals surface area (Å²) in [5, 5.41) is 0. The van der Waals surface area contributed by atoms with E-state index in [0.29, 0.717) is 18.4 Å². The van der Waals surface area contributed by atoms with Crippen LogP contribution in [0, 0.1) is 18.3 Å². The Kier molecular flexibility index (Phi) is 4.27. The van der Waals surface area contributed by atoms with Crippen molar-refractivity contribution in [3.05, 3.63) is 34.8 Å². The summed E-state index contributed by atoms with van der Waals surface area (Å²) < 4.78 is 23.8. The maximum Gasteiger partial charge on any atom is 0.334 e. The number of rotatable bonds is 3. The molecular weight excluding hydrogens is 360 g/mol. The summed E-state index contributed by atoms with van der Waals surface area (Å²) in [6, 6.07) is 0. The second kappa shape index (κ2) is 6.21. The smallest absolute Gasteiger partial charge is 0.334 e. The molecule has 3 aliphatic rings. The highest BCUT2D eigenvalue weighted by Gasteiger charge is 2.79. The first-order valence-electron chi connectivity index (χ1n) is 9.91. The standard InChI is InChI=1S/C22H28O6/c1-7-11(2)20(24)27-19-17-12(3)10-25-16(17)9-22-18(28-22)15(26-14(5)23)8-13(4)21(19,22)6/h7,10,13,15,18-19H,8-9H2,1-6H3/t13-,15+,18+,19+,21-,22+/m0/s1. The number of allylic oxidation sites excluding steroid dienone is 1. The average Bonchev–Trinajstić information content (AvgIpc) is 3.26. The van der Waals surface area contributed by atoms with E-state index in [4.69, 9.17) is 18.6 Å². The number of esters is 2. The first-order valence-corrected chi connectivity index (χ1v) is 9.91. The van der Waals surface area contributed by atoms with Gasteiger partial charge in [0.25, 0.3) is 0 Å². The van der Waals surface area contributed by atoms with Gasteiger partial charge in [-0.15, -0.1) is 0 Å². The largest absolute Gasteiger partial charge is 0.469 e. The molecule has 1 aliphatic heterocycles. The predicted octanol–water partition coefficient (Wildman–Crippen LogP) is 3.81. The van der Waals surface area contributed by atoms with Gasteiger partial charge >= 0.3 is 11.9 Å². The summed E-state index contributed by atoms with van der Waals surface area (Å²) in [5.41, 5.74) is 1.50. The molecule has 4 rings (SSSR count). The lowest BCUT2D eigenvalue weighted by molar-refractivity contribution is -0.168. The van der Waals surface area contributed by atoms with E-state index < -0.39 is 17.1 Å². The van der Waals surface area contributed by atoms with Crippen LogP contribution in [0.1, 0.15) is 64.0 Å². The van der Waals surface area contributed by atoms with Crippen molar-refractivity contribution in [1.82, 2.24) is 0 Å². The molecule has 0 bridgehead atoms. The molecule has 0 unspecified atom stereocenters. The van der Waals surface area contributed by atoms with Gasteiger partial charge < -0.3 is 18.6 Å². The molecule has 2 aliphatic carbocycles. The van der Waals surface area contributed by atoms with Crippen LogP contribution in [-0.2, 0) is 30.2 Å². The van der Waals surface area contributed by atoms with Gasteiger partial charge in [0.15, 0.2) is 0 Å². The monoisotopic (exact) mass is 388 g/mol. The lowest BCUT2D eigenvalue weighted by Crippen LogP contribution is -2.57. The molecule has 1 aromatic rings. The number of carbonyl (C=O) groups is 2. The Morgan fingerprint density at radius 2 is 2.00 bits per heavy atom. The van der Waals surface area contributed by atoms with Gasteiger partial charge in [-0.05, 0) is 38.7 Å². The van der Waals surface area contributed by atoms with Crippen LogP contribution in [0.5, 0.6) is 0 Å². The Labute approximate surface area is 165 Å². The highest BCUT2D eigenvalue weighted by Crippen LogP contribution is 2.70. The SMILES string of the molecule is CC=C(C)C(=O)O[C@@H]1c2c(C)coc2C[C@@]23O[C@@H]2[C@H](OC(C)=O)C[C@H](C)[C@@]13C. The van der Waals surface area contributed by atoms with E-state index in [1.807, 2.05) is 13.8 Å². The summed E-state index contributed by atoms with van der Waals surface area (Å²) in [4.78, 5) is 24.3. The zero-order valence-electron chi connectivity index (χ0n) is 17.3. The number of hydrogen-bond acceptors (Lipinski definition) is 6. The Morgan fingerprint density at radius 1 is 1.29 bits per heavy atom. The van der Waals surface area contributed by atoms with Gasteiger partial charge in [-0.3, -0.25) is 4.79 Å². The van der Waals surface area contributed by atoms with Crippen molar-refractivity contribution >= 4 is 11.9 Å². The van der Waals surface area contributed by atoms with Crippen molar-refractivity contribution < 1.29 is 28.2 Å². The van der Waals surface area contributed by atoms with Crippen LogP contribution in [-0.4, -0.2) is 29.7 Å². The maximum atomic E-state index is 12.7. The van der Waals surface area contributed by atoms with E-state index in [1.54, 1.807) is 19.3 Å². The topological polar surface area (TPSA) is 78.3 Å². The molecule has 0 N–H and O–H groups in total. The first-order chi connectivity index (χ1) is 13.2. The molecule has 1 aromatic heterocycles. The number of epoxide rings is 1. The molecule has 1 saturated carbocycles. The normalized spacial score (nSPS) is 38.7. The summed E-state index contributed by atoms with van der Waals surface area (Å²) in [6.07, 6.45) is 3.77. The second-order valence-corrected chi connectivity index (χ2v) is 8.68. The van der Waals surface area contributed by atoms with Crippen molar-refractivity contribution in [1.29, 1.82) is 0 Å². The number of aryl methyl sites for hydroxylation is 1. The Bertz CT molecular complexity index is 866. The highest BCUT2D eigenvalue weighted by molar-refractivity contribution is 5.88. The quantitative estimate of drug-likeness (QED) is 0.445. The van der Waals surface area contributed by atoms with Crippen LogP contribution in [0.15, 0.2) is 22.3 Å². The maximum absolute atomic E-state index is 12.7. The third kappa shape index (κ3) is 2.43. The number of ether oxygens (including phenoxy) is 3. The lowest BCUT2D eigenvalue weighted by Gasteiger charge is -2.51. The third-order valence-electron chi connectivity index (χ3n) is 7.23. The Balaban J connectivity index is 1.79. The van der Waals surface area contributed by atoms with Gasteiger partial charge in [0.2, 0.25) is 0 Å². The molecule has 0 amide bonds.